The van der Waals surface area contributed by atoms with E-state index in [1.807, 2.05) is 6.92 Å². The molecule has 0 unspecified atom stereocenters. The molecular weight excluding hydrogens is 705 g/mol. The van der Waals surface area contributed by atoms with E-state index >= 15 is 0 Å². The topological polar surface area (TPSA) is 193 Å². The second kappa shape index (κ2) is 16.6. The zero-order valence-corrected chi connectivity index (χ0v) is 30.4. The molecule has 278 valence electrons. The maximum atomic E-state index is 13.7. The maximum absolute atomic E-state index is 13.7. The molecule has 2 amide bonds. The van der Waals surface area contributed by atoms with Crippen molar-refractivity contribution in [1.82, 2.24) is 19.2 Å². The molecule has 2 fully saturated rings. The van der Waals surface area contributed by atoms with Gasteiger partial charge in [0.25, 0.3) is 10.2 Å². The highest BCUT2D eigenvalue weighted by molar-refractivity contribution is 8.03. The Kier molecular flexibility index (Phi) is 12.5. The lowest BCUT2D eigenvalue weighted by molar-refractivity contribution is -0.164. The Balaban J connectivity index is 1.35. The number of nitrogens with one attached hydrogen (secondary N) is 2. The van der Waals surface area contributed by atoms with Crippen LogP contribution in [0.2, 0.25) is 0 Å². The Morgan fingerprint density at radius 1 is 0.980 bits per heavy atom. The van der Waals surface area contributed by atoms with E-state index in [2.05, 4.69) is 9.44 Å². The third-order valence-corrected chi connectivity index (χ3v) is 11.8. The number of esters is 1. The van der Waals surface area contributed by atoms with E-state index in [4.69, 9.17) is 24.1 Å². The van der Waals surface area contributed by atoms with Gasteiger partial charge in [-0.05, 0) is 48.7 Å². The Hall–Kier alpha value is -3.87. The molecule has 6 atom stereocenters. The molecule has 3 aliphatic rings. The summed E-state index contributed by atoms with van der Waals surface area (Å²) in [5.74, 6) is -0.773. The van der Waals surface area contributed by atoms with Gasteiger partial charge in [0.15, 0.2) is 0 Å². The second-order valence-corrected chi connectivity index (χ2v) is 15.5. The fourth-order valence-electron chi connectivity index (χ4n) is 6.55. The van der Waals surface area contributed by atoms with E-state index in [1.165, 1.54) is 21.6 Å². The third kappa shape index (κ3) is 8.78. The molecule has 0 saturated carbocycles. The van der Waals surface area contributed by atoms with Crippen molar-refractivity contribution < 1.29 is 52.0 Å². The molecule has 0 aromatic heterocycles. The van der Waals surface area contributed by atoms with Crippen LogP contribution >= 0.6 is 11.8 Å². The van der Waals surface area contributed by atoms with Crippen molar-refractivity contribution in [3.05, 3.63) is 70.3 Å². The average molecular weight is 749 g/mol. The summed E-state index contributed by atoms with van der Waals surface area (Å²) in [5, 5.41) is 19.2. The molecule has 0 spiro atoms. The molecule has 17 heteroatoms. The van der Waals surface area contributed by atoms with Gasteiger partial charge in [-0.2, -0.15) is 8.42 Å². The summed E-state index contributed by atoms with van der Waals surface area (Å²) in [6.45, 7) is 2.81. The number of hydrogen-bond donors (Lipinski definition) is 4. The largest absolute Gasteiger partial charge is 0.497 e. The van der Waals surface area contributed by atoms with Crippen LogP contribution in [-0.2, 0) is 42.5 Å². The Morgan fingerprint density at radius 3 is 2.12 bits per heavy atom. The van der Waals surface area contributed by atoms with E-state index in [-0.39, 0.29) is 62.2 Å². The summed E-state index contributed by atoms with van der Waals surface area (Å²) in [4.78, 5) is 43.9. The molecule has 3 aliphatic heterocycles. The van der Waals surface area contributed by atoms with E-state index < -0.39 is 46.4 Å². The number of ether oxygens (including phenoxy) is 4. The highest BCUT2D eigenvalue weighted by Crippen LogP contribution is 2.52. The summed E-state index contributed by atoms with van der Waals surface area (Å²) in [6, 6.07) is 13.0. The first-order valence-electron chi connectivity index (χ1n) is 16.5. The molecule has 0 aliphatic carbocycles. The number of nitrogens with zero attached hydrogens (tertiary/aromatic N) is 2. The lowest BCUT2D eigenvalue weighted by Gasteiger charge is -2.46. The van der Waals surface area contributed by atoms with Gasteiger partial charge in [-0.3, -0.25) is 4.79 Å². The van der Waals surface area contributed by atoms with Crippen LogP contribution in [0.1, 0.15) is 31.4 Å². The van der Waals surface area contributed by atoms with Crippen molar-refractivity contribution in [2.24, 2.45) is 11.8 Å². The van der Waals surface area contributed by atoms with Crippen LogP contribution in [0.3, 0.4) is 0 Å². The number of β-lactam (4-membered cyclic amide) rings is 1. The molecule has 2 saturated heterocycles. The molecule has 0 bridgehead atoms. The van der Waals surface area contributed by atoms with Crippen molar-refractivity contribution in [3.63, 3.8) is 0 Å². The minimum Gasteiger partial charge on any atom is -0.497 e. The predicted molar refractivity (Wildman–Crippen MR) is 186 cm³/mol. The number of amides is 2. The number of methoxy groups -OCH3 is 2. The summed E-state index contributed by atoms with van der Waals surface area (Å²) in [6.07, 6.45) is -1.25. The number of carbonyl (C=O) groups excluding carboxylic acids is 3. The second-order valence-electron chi connectivity index (χ2n) is 12.5. The van der Waals surface area contributed by atoms with Gasteiger partial charge >= 0.3 is 12.1 Å². The highest BCUT2D eigenvalue weighted by atomic mass is 32.2. The van der Waals surface area contributed by atoms with Crippen LogP contribution in [0.5, 0.6) is 11.5 Å². The van der Waals surface area contributed by atoms with E-state index in [1.54, 1.807) is 69.7 Å². The third-order valence-electron chi connectivity index (χ3n) is 9.17. The predicted octanol–water partition coefficient (Wildman–Crippen LogP) is 1.75. The van der Waals surface area contributed by atoms with E-state index in [0.717, 1.165) is 11.1 Å². The molecule has 3 heterocycles. The number of benzene rings is 2. The first kappa shape index (κ1) is 38.4. The number of carbonyl (C=O) groups is 3. The minimum absolute atomic E-state index is 0.0283. The first-order chi connectivity index (χ1) is 24.4. The lowest BCUT2D eigenvalue weighted by atomic mass is 9.79. The average Bonchev–Trinajstić information content (AvgIpc) is 3.64. The zero-order valence-electron chi connectivity index (χ0n) is 28.8. The standard InChI is InChI=1S/C34H44N4O11S2/c1-20-29-28(21(2)40)32(41)38(29)30(33(42)48-18-22-5-9-25(46-3)10-6-22)31(20)50-27-15-24(16-36-51(44,45)35-13-14-39)37(17-27)34(43)49-19-23-7-11-26(47-4)12-8-23/h5-12,20-21,24,27-29,35-36,39-40H,13-19H2,1-4H3/t20-,21-,24+,27+,28-,29-/m1/s1. The fraction of sp³-hybridized carbons (Fsp3) is 0.500. The van der Waals surface area contributed by atoms with Crippen molar-refractivity contribution in [2.75, 3.05) is 40.5 Å². The zero-order chi connectivity index (χ0) is 36.9. The van der Waals surface area contributed by atoms with Gasteiger partial charge in [-0.15, -0.1) is 11.8 Å². The maximum Gasteiger partial charge on any atom is 0.410 e. The van der Waals surface area contributed by atoms with Crippen LogP contribution in [0, 0.1) is 11.8 Å². The van der Waals surface area contributed by atoms with Crippen molar-refractivity contribution >= 4 is 39.9 Å². The van der Waals surface area contributed by atoms with Gasteiger partial charge in [0.1, 0.15) is 30.4 Å². The molecule has 4 N–H and O–H groups in total. The SMILES string of the molecule is COc1ccc(COC(=O)C2=C(S[C@H]3C[C@@H](CNS(=O)(=O)NCCO)N(C(=O)OCc4ccc(OC)cc4)C3)[C@H](C)[C@@H]3[C@@H]([C@@H](C)O)C(=O)N23)cc1. The Labute approximate surface area is 301 Å². The number of fused-ring (bicyclic) bond motifs is 1. The van der Waals surface area contributed by atoms with Gasteiger partial charge in [0.2, 0.25) is 5.91 Å². The van der Waals surface area contributed by atoms with Crippen LogP contribution in [0.15, 0.2) is 59.1 Å². The monoisotopic (exact) mass is 748 g/mol. The van der Waals surface area contributed by atoms with E-state index in [9.17, 15) is 27.9 Å². The Bertz CT molecular complexity index is 1700. The van der Waals surface area contributed by atoms with Gasteiger partial charge in [-0.1, -0.05) is 31.2 Å². The molecule has 2 aromatic carbocycles. The smallest absolute Gasteiger partial charge is 0.410 e. The summed E-state index contributed by atoms with van der Waals surface area (Å²) < 4.78 is 51.4. The van der Waals surface area contributed by atoms with Crippen LogP contribution in [0.4, 0.5) is 4.79 Å². The number of rotatable bonds is 16. The van der Waals surface area contributed by atoms with Crippen LogP contribution in [0.25, 0.3) is 0 Å². The van der Waals surface area contributed by atoms with Crippen molar-refractivity contribution in [2.45, 2.75) is 56.9 Å². The molecule has 2 aromatic rings. The number of likely N-dealkylation sites (tertiary alicyclic amines) is 1. The van der Waals surface area contributed by atoms with Gasteiger partial charge in [0, 0.05) is 41.7 Å². The molecule has 15 nitrogen and oxygen atoms in total. The van der Waals surface area contributed by atoms with Gasteiger partial charge < -0.3 is 39.0 Å². The molecule has 5 rings (SSSR count). The van der Waals surface area contributed by atoms with Crippen molar-refractivity contribution in [1.29, 1.82) is 0 Å². The molecule has 51 heavy (non-hydrogen) atoms. The minimum atomic E-state index is -3.97. The number of aliphatic hydroxyl groups is 2. The number of hydrogen-bond acceptors (Lipinski definition) is 12. The summed E-state index contributed by atoms with van der Waals surface area (Å²) in [7, 11) is -0.874. The van der Waals surface area contributed by atoms with Gasteiger partial charge in [0.05, 0.1) is 38.9 Å². The normalized spacial score (nSPS) is 23.5. The highest BCUT2D eigenvalue weighted by Gasteiger charge is 2.60. The number of aliphatic hydroxyl groups excluding tert-OH is 2. The van der Waals surface area contributed by atoms with Crippen molar-refractivity contribution in [3.8, 4) is 11.5 Å². The molecular formula is C34H44N4O11S2. The summed E-state index contributed by atoms with van der Waals surface area (Å²) >= 11 is 1.34. The lowest BCUT2D eigenvalue weighted by Crippen LogP contribution is -2.63. The first-order valence-corrected chi connectivity index (χ1v) is 18.9. The summed E-state index contributed by atoms with van der Waals surface area (Å²) in [5.41, 5.74) is 1.56. The number of thioether (sulfide) groups is 1. The Morgan fingerprint density at radius 2 is 1.57 bits per heavy atom. The van der Waals surface area contributed by atoms with E-state index in [0.29, 0.717) is 22.8 Å². The molecule has 0 radical (unpaired) electrons. The fourth-order valence-corrected chi connectivity index (χ4v) is 8.98. The van der Waals surface area contributed by atoms with Crippen LogP contribution < -0.4 is 18.9 Å². The van der Waals surface area contributed by atoms with Gasteiger partial charge in [-0.25, -0.2) is 19.0 Å². The quantitative estimate of drug-likeness (QED) is 0.144. The van der Waals surface area contributed by atoms with Crippen LogP contribution in [-0.4, -0.2) is 110 Å².